The fourth-order valence-corrected chi connectivity index (χ4v) is 3.02. The van der Waals surface area contributed by atoms with Crippen molar-refractivity contribution in [2.45, 2.75) is 45.6 Å². The van der Waals surface area contributed by atoms with Crippen molar-refractivity contribution in [3.8, 4) is 0 Å². The molecule has 0 spiro atoms. The number of hydrogen-bond donors (Lipinski definition) is 1. The zero-order valence-corrected chi connectivity index (χ0v) is 13.6. The molecule has 1 saturated heterocycles. The van der Waals surface area contributed by atoms with Crippen molar-refractivity contribution in [2.75, 3.05) is 13.1 Å². The lowest BCUT2D eigenvalue weighted by atomic mass is 9.95. The Morgan fingerprint density at radius 3 is 2.91 bits per heavy atom. The van der Waals surface area contributed by atoms with Crippen molar-refractivity contribution in [1.29, 1.82) is 0 Å². The predicted molar refractivity (Wildman–Crippen MR) is 86.0 cm³/mol. The Balaban J connectivity index is 1.75. The lowest BCUT2D eigenvalue weighted by Gasteiger charge is -2.24. The number of amides is 1. The average Bonchev–Trinajstić information content (AvgIpc) is 3.05. The zero-order chi connectivity index (χ0) is 15.9. The van der Waals surface area contributed by atoms with Gasteiger partial charge < -0.3 is 9.64 Å². The predicted octanol–water partition coefficient (Wildman–Crippen LogP) is 3.60. The first-order chi connectivity index (χ1) is 10.3. The lowest BCUT2D eigenvalue weighted by Crippen LogP contribution is -2.35. The van der Waals surface area contributed by atoms with E-state index in [4.69, 9.17) is 4.74 Å². The summed E-state index contributed by atoms with van der Waals surface area (Å²) in [6.45, 7) is 9.25. The highest BCUT2D eigenvalue weighted by Crippen LogP contribution is 2.31. The van der Waals surface area contributed by atoms with Crippen LogP contribution in [0.15, 0.2) is 18.3 Å². The molecule has 22 heavy (non-hydrogen) atoms. The van der Waals surface area contributed by atoms with Crippen molar-refractivity contribution in [3.05, 3.63) is 29.5 Å². The number of benzene rings is 1. The second-order valence-corrected chi connectivity index (χ2v) is 7.08. The number of carbonyl (C=O) groups is 1. The number of nitrogens with one attached hydrogen (secondary N) is 1. The maximum absolute atomic E-state index is 12.2. The van der Waals surface area contributed by atoms with Crippen LogP contribution in [0.3, 0.4) is 0 Å². The van der Waals surface area contributed by atoms with Gasteiger partial charge in [0, 0.05) is 24.4 Å². The summed E-state index contributed by atoms with van der Waals surface area (Å²) in [6, 6.07) is 4.37. The molecular weight excluding hydrogens is 278 g/mol. The van der Waals surface area contributed by atoms with Crippen LogP contribution in [0.25, 0.3) is 10.9 Å². The Labute approximate surface area is 130 Å². The molecule has 1 N–H and O–H groups in total. The molecule has 1 aromatic carbocycles. The van der Waals surface area contributed by atoms with Gasteiger partial charge in [-0.25, -0.2) is 4.79 Å². The van der Waals surface area contributed by atoms with Gasteiger partial charge in [-0.3, -0.25) is 5.10 Å². The maximum atomic E-state index is 12.2. The molecule has 0 aliphatic carbocycles. The maximum Gasteiger partial charge on any atom is 0.410 e. The topological polar surface area (TPSA) is 58.2 Å². The van der Waals surface area contributed by atoms with Crippen LogP contribution < -0.4 is 0 Å². The molecule has 0 bridgehead atoms. The van der Waals surface area contributed by atoms with E-state index in [9.17, 15) is 4.79 Å². The first-order valence-corrected chi connectivity index (χ1v) is 7.75. The second kappa shape index (κ2) is 5.30. The Morgan fingerprint density at radius 2 is 2.18 bits per heavy atom. The molecule has 2 heterocycles. The molecule has 1 amide bonds. The number of likely N-dealkylation sites (tertiary alicyclic amines) is 1. The largest absolute Gasteiger partial charge is 0.444 e. The zero-order valence-electron chi connectivity index (χ0n) is 13.6. The number of nitrogens with zero attached hydrogens (tertiary/aromatic N) is 2. The number of hydrogen-bond acceptors (Lipinski definition) is 3. The van der Waals surface area contributed by atoms with E-state index in [1.54, 1.807) is 0 Å². The molecule has 1 aliphatic rings. The first-order valence-electron chi connectivity index (χ1n) is 7.75. The molecule has 2 aromatic rings. The smallest absolute Gasteiger partial charge is 0.410 e. The number of aromatic nitrogens is 2. The Kier molecular flexibility index (Phi) is 3.59. The van der Waals surface area contributed by atoms with Crippen LogP contribution in [0, 0.1) is 6.92 Å². The molecule has 1 atom stereocenters. The van der Waals surface area contributed by atoms with E-state index in [1.165, 1.54) is 11.1 Å². The summed E-state index contributed by atoms with van der Waals surface area (Å²) in [6.07, 6.45) is 2.62. The van der Waals surface area contributed by atoms with E-state index < -0.39 is 5.60 Å². The van der Waals surface area contributed by atoms with Gasteiger partial charge in [0.05, 0.1) is 11.7 Å². The molecule has 3 rings (SSSR count). The van der Waals surface area contributed by atoms with Crippen LogP contribution in [0.2, 0.25) is 0 Å². The van der Waals surface area contributed by atoms with Crippen LogP contribution >= 0.6 is 0 Å². The second-order valence-electron chi connectivity index (χ2n) is 7.08. The molecule has 1 aliphatic heterocycles. The third-order valence-corrected chi connectivity index (χ3v) is 4.08. The van der Waals surface area contributed by atoms with Gasteiger partial charge >= 0.3 is 6.09 Å². The minimum absolute atomic E-state index is 0.212. The molecular formula is C17H23N3O2. The summed E-state index contributed by atoms with van der Waals surface area (Å²) in [5.74, 6) is 0.366. The van der Waals surface area contributed by atoms with Crippen LogP contribution in [0.5, 0.6) is 0 Å². The fraction of sp³-hybridized carbons (Fsp3) is 0.529. The van der Waals surface area contributed by atoms with Gasteiger partial charge in [-0.2, -0.15) is 5.10 Å². The Hall–Kier alpha value is -2.04. The van der Waals surface area contributed by atoms with Gasteiger partial charge in [-0.15, -0.1) is 0 Å². The van der Waals surface area contributed by atoms with Gasteiger partial charge in [-0.1, -0.05) is 6.07 Å². The normalized spacial score (nSPS) is 18.9. The van der Waals surface area contributed by atoms with E-state index >= 15 is 0 Å². The van der Waals surface area contributed by atoms with Gasteiger partial charge in [0.15, 0.2) is 0 Å². The number of H-pyrrole nitrogens is 1. The highest BCUT2D eigenvalue weighted by molar-refractivity contribution is 5.82. The van der Waals surface area contributed by atoms with Crippen molar-refractivity contribution in [3.63, 3.8) is 0 Å². The summed E-state index contributed by atoms with van der Waals surface area (Å²) in [7, 11) is 0. The van der Waals surface area contributed by atoms with Gasteiger partial charge in [0.25, 0.3) is 0 Å². The van der Waals surface area contributed by atoms with Crippen LogP contribution in [-0.4, -0.2) is 39.9 Å². The van der Waals surface area contributed by atoms with Gasteiger partial charge in [0.1, 0.15) is 5.60 Å². The Morgan fingerprint density at radius 1 is 1.41 bits per heavy atom. The molecule has 0 radical (unpaired) electrons. The van der Waals surface area contributed by atoms with Crippen molar-refractivity contribution >= 4 is 17.0 Å². The number of ether oxygens (including phenoxy) is 1. The monoisotopic (exact) mass is 301 g/mol. The number of carbonyl (C=O) groups excluding carboxylic acids is 1. The number of rotatable bonds is 1. The Bertz CT molecular complexity index is 699. The minimum Gasteiger partial charge on any atom is -0.444 e. The summed E-state index contributed by atoms with van der Waals surface area (Å²) < 4.78 is 5.46. The highest BCUT2D eigenvalue weighted by Gasteiger charge is 2.30. The van der Waals surface area contributed by atoms with E-state index in [0.717, 1.165) is 30.4 Å². The number of aromatic amines is 1. The average molecular weight is 301 g/mol. The lowest BCUT2D eigenvalue weighted by molar-refractivity contribution is 0.0292. The molecule has 5 heteroatoms. The minimum atomic E-state index is -0.443. The highest BCUT2D eigenvalue weighted by atomic mass is 16.6. The molecule has 1 unspecified atom stereocenters. The van der Waals surface area contributed by atoms with E-state index in [2.05, 4.69) is 29.3 Å². The van der Waals surface area contributed by atoms with Gasteiger partial charge in [0.2, 0.25) is 0 Å². The third-order valence-electron chi connectivity index (χ3n) is 4.08. The fourth-order valence-electron chi connectivity index (χ4n) is 3.02. The summed E-state index contributed by atoms with van der Waals surface area (Å²) in [5.41, 5.74) is 3.12. The SMILES string of the molecule is Cc1cc(C2CCN(C(=O)OC(C)(C)C)C2)cc2cn[nH]c12. The van der Waals surface area contributed by atoms with Crippen LogP contribution in [-0.2, 0) is 4.74 Å². The molecule has 118 valence electrons. The number of fused-ring (bicyclic) bond motifs is 1. The van der Waals surface area contributed by atoms with Crippen molar-refractivity contribution in [2.24, 2.45) is 0 Å². The standard InChI is InChI=1S/C17H23N3O2/c1-11-7-13(8-14-9-18-19-15(11)14)12-5-6-20(10-12)16(21)22-17(2,3)4/h7-9,12H,5-6,10H2,1-4H3,(H,18,19). The summed E-state index contributed by atoms with van der Waals surface area (Å²) in [4.78, 5) is 14.0. The number of aryl methyl sites for hydroxylation is 1. The van der Waals surface area contributed by atoms with Gasteiger partial charge in [-0.05, 0) is 51.3 Å². The van der Waals surface area contributed by atoms with E-state index in [0.29, 0.717) is 5.92 Å². The van der Waals surface area contributed by atoms with Crippen LogP contribution in [0.4, 0.5) is 4.79 Å². The third kappa shape index (κ3) is 2.93. The summed E-state index contributed by atoms with van der Waals surface area (Å²) in [5, 5.41) is 8.26. The van der Waals surface area contributed by atoms with Crippen molar-refractivity contribution < 1.29 is 9.53 Å². The van der Waals surface area contributed by atoms with Crippen LogP contribution in [0.1, 0.15) is 44.2 Å². The summed E-state index contributed by atoms with van der Waals surface area (Å²) >= 11 is 0. The van der Waals surface area contributed by atoms with E-state index in [-0.39, 0.29) is 6.09 Å². The first kappa shape index (κ1) is 14.9. The molecule has 5 nitrogen and oxygen atoms in total. The van der Waals surface area contributed by atoms with E-state index in [1.807, 2.05) is 31.9 Å². The molecule has 1 fully saturated rings. The molecule has 1 aromatic heterocycles. The van der Waals surface area contributed by atoms with Crippen molar-refractivity contribution in [1.82, 2.24) is 15.1 Å². The quantitative estimate of drug-likeness (QED) is 0.875. The molecule has 0 saturated carbocycles.